The predicted molar refractivity (Wildman–Crippen MR) is 92.0 cm³/mol. The van der Waals surface area contributed by atoms with Crippen molar-refractivity contribution in [2.24, 2.45) is 5.41 Å². The molecular formula is C19H23F3N2O3. The first kappa shape index (κ1) is 19.7. The summed E-state index contributed by atoms with van der Waals surface area (Å²) in [6.45, 7) is 2.05. The normalized spacial score (nSPS) is 22.4. The van der Waals surface area contributed by atoms with Crippen molar-refractivity contribution >= 4 is 11.8 Å². The molecule has 0 radical (unpaired) electrons. The second-order valence-corrected chi connectivity index (χ2v) is 7.65. The van der Waals surface area contributed by atoms with Crippen LogP contribution in [-0.2, 0) is 4.79 Å². The first-order valence-electron chi connectivity index (χ1n) is 9.02. The Hall–Kier alpha value is -2.09. The topological polar surface area (TPSA) is 69.6 Å². The SMILES string of the molecule is Cc1ccccc1C(=O)NCC1CC2(CCC2)CN1C(=O)[C@@H](O)C(F)(F)F. The highest BCUT2D eigenvalue weighted by molar-refractivity contribution is 5.95. The van der Waals surface area contributed by atoms with Gasteiger partial charge in [0.05, 0.1) is 0 Å². The predicted octanol–water partition coefficient (Wildman–Crippen LogP) is 2.42. The van der Waals surface area contributed by atoms with Crippen molar-refractivity contribution in [1.82, 2.24) is 10.2 Å². The molecule has 1 saturated carbocycles. The number of hydrogen-bond donors (Lipinski definition) is 2. The smallest absolute Gasteiger partial charge is 0.376 e. The van der Waals surface area contributed by atoms with E-state index < -0.39 is 24.2 Å². The molecule has 3 rings (SSSR count). The van der Waals surface area contributed by atoms with Gasteiger partial charge in [-0.05, 0) is 43.2 Å². The summed E-state index contributed by atoms with van der Waals surface area (Å²) in [5.41, 5.74) is 1.10. The van der Waals surface area contributed by atoms with Crippen molar-refractivity contribution in [3.8, 4) is 0 Å². The molecule has 27 heavy (non-hydrogen) atoms. The molecule has 2 amide bonds. The molecular weight excluding hydrogens is 361 g/mol. The number of hydrogen-bond acceptors (Lipinski definition) is 3. The second kappa shape index (κ2) is 7.14. The molecule has 1 aliphatic heterocycles. The minimum atomic E-state index is -5.00. The number of rotatable bonds is 4. The van der Waals surface area contributed by atoms with Crippen molar-refractivity contribution < 1.29 is 27.9 Å². The van der Waals surface area contributed by atoms with Crippen LogP contribution in [0.4, 0.5) is 13.2 Å². The first-order valence-corrected chi connectivity index (χ1v) is 9.02. The Morgan fingerprint density at radius 2 is 2.00 bits per heavy atom. The Kier molecular flexibility index (Phi) is 5.20. The highest BCUT2D eigenvalue weighted by Gasteiger charge is 2.53. The largest absolute Gasteiger partial charge is 0.423 e. The van der Waals surface area contributed by atoms with Crippen molar-refractivity contribution in [3.63, 3.8) is 0 Å². The van der Waals surface area contributed by atoms with Gasteiger partial charge in [0, 0.05) is 24.7 Å². The molecule has 2 N–H and O–H groups in total. The summed E-state index contributed by atoms with van der Waals surface area (Å²) in [4.78, 5) is 25.7. The number of nitrogens with zero attached hydrogens (tertiary/aromatic N) is 1. The molecule has 2 atom stereocenters. The Morgan fingerprint density at radius 3 is 2.56 bits per heavy atom. The third-order valence-corrected chi connectivity index (χ3v) is 5.74. The maximum atomic E-state index is 12.8. The standard InChI is InChI=1S/C19H23F3N2O3/c1-12-5-2-3-6-14(12)16(26)23-10-13-9-18(7-4-8-18)11-24(13)17(27)15(25)19(20,21)22/h2-3,5-6,13,15,25H,4,7-11H2,1H3,(H,23,26)/t13?,15-/m1/s1. The summed E-state index contributed by atoms with van der Waals surface area (Å²) in [6, 6.07) is 6.45. The van der Waals surface area contributed by atoms with Crippen molar-refractivity contribution in [2.45, 2.75) is 50.9 Å². The molecule has 1 spiro atoms. The molecule has 2 aliphatic rings. The van der Waals surface area contributed by atoms with E-state index in [-0.39, 0.29) is 24.4 Å². The fraction of sp³-hybridized carbons (Fsp3) is 0.579. The van der Waals surface area contributed by atoms with Gasteiger partial charge < -0.3 is 15.3 Å². The van der Waals surface area contributed by atoms with Crippen LogP contribution >= 0.6 is 0 Å². The van der Waals surface area contributed by atoms with Gasteiger partial charge >= 0.3 is 6.18 Å². The van der Waals surface area contributed by atoms with E-state index in [9.17, 15) is 27.9 Å². The van der Waals surface area contributed by atoms with Gasteiger partial charge in [-0.3, -0.25) is 9.59 Å². The minimum absolute atomic E-state index is 0.0607. The number of aryl methyl sites for hydroxylation is 1. The lowest BCUT2D eigenvalue weighted by Gasteiger charge is -2.38. The Morgan fingerprint density at radius 1 is 1.33 bits per heavy atom. The van der Waals surface area contributed by atoms with Crippen LogP contribution in [-0.4, -0.2) is 53.2 Å². The van der Waals surface area contributed by atoms with Crippen molar-refractivity contribution in [3.05, 3.63) is 35.4 Å². The zero-order valence-electron chi connectivity index (χ0n) is 15.1. The monoisotopic (exact) mass is 384 g/mol. The van der Waals surface area contributed by atoms with E-state index in [2.05, 4.69) is 5.32 Å². The quantitative estimate of drug-likeness (QED) is 0.838. The summed E-state index contributed by atoms with van der Waals surface area (Å²) < 4.78 is 38.3. The van der Waals surface area contributed by atoms with E-state index in [1.54, 1.807) is 25.1 Å². The first-order chi connectivity index (χ1) is 12.6. The summed E-state index contributed by atoms with van der Waals surface area (Å²) in [6.07, 6.45) is -4.81. The number of benzene rings is 1. The zero-order chi connectivity index (χ0) is 19.8. The maximum Gasteiger partial charge on any atom is 0.423 e. The van der Waals surface area contributed by atoms with Crippen LogP contribution < -0.4 is 5.32 Å². The zero-order valence-corrected chi connectivity index (χ0v) is 15.1. The van der Waals surface area contributed by atoms with Crippen molar-refractivity contribution in [2.75, 3.05) is 13.1 Å². The average Bonchev–Trinajstić information content (AvgIpc) is 2.98. The van der Waals surface area contributed by atoms with Crippen LogP contribution in [0.15, 0.2) is 24.3 Å². The molecule has 1 aliphatic carbocycles. The number of carbonyl (C=O) groups is 2. The molecule has 148 valence electrons. The fourth-order valence-electron chi connectivity index (χ4n) is 4.07. The van der Waals surface area contributed by atoms with Crippen LogP contribution in [0, 0.1) is 12.3 Å². The number of likely N-dealkylation sites (tertiary alicyclic amines) is 1. The molecule has 1 aromatic carbocycles. The van der Waals surface area contributed by atoms with E-state index in [0.29, 0.717) is 12.0 Å². The third kappa shape index (κ3) is 3.95. The van der Waals surface area contributed by atoms with E-state index in [1.165, 1.54) is 0 Å². The van der Waals surface area contributed by atoms with Crippen LogP contribution in [0.5, 0.6) is 0 Å². The number of nitrogens with one attached hydrogen (secondary N) is 1. The van der Waals surface area contributed by atoms with Gasteiger partial charge in [0.2, 0.25) is 6.10 Å². The lowest BCUT2D eigenvalue weighted by Crippen LogP contribution is -2.51. The van der Waals surface area contributed by atoms with Gasteiger partial charge in [0.25, 0.3) is 11.8 Å². The van der Waals surface area contributed by atoms with Gasteiger partial charge in [0.1, 0.15) is 0 Å². The Balaban J connectivity index is 1.70. The van der Waals surface area contributed by atoms with E-state index in [4.69, 9.17) is 0 Å². The highest BCUT2D eigenvalue weighted by atomic mass is 19.4. The van der Waals surface area contributed by atoms with Crippen LogP contribution in [0.2, 0.25) is 0 Å². The third-order valence-electron chi connectivity index (χ3n) is 5.74. The number of aliphatic hydroxyl groups excluding tert-OH is 1. The molecule has 0 aromatic heterocycles. The van der Waals surface area contributed by atoms with E-state index >= 15 is 0 Å². The Bertz CT molecular complexity index is 731. The molecule has 1 heterocycles. The number of amides is 2. The molecule has 2 fully saturated rings. The molecule has 8 heteroatoms. The summed E-state index contributed by atoms with van der Waals surface area (Å²) >= 11 is 0. The minimum Gasteiger partial charge on any atom is -0.376 e. The van der Waals surface area contributed by atoms with Gasteiger partial charge in [0.15, 0.2) is 0 Å². The molecule has 1 unspecified atom stereocenters. The number of aliphatic hydroxyl groups is 1. The Labute approximate surface area is 155 Å². The summed E-state index contributed by atoms with van der Waals surface area (Å²) in [5.74, 6) is -1.66. The van der Waals surface area contributed by atoms with E-state index in [0.717, 1.165) is 29.7 Å². The fourth-order valence-corrected chi connectivity index (χ4v) is 4.07. The number of halogens is 3. The lowest BCUT2D eigenvalue weighted by molar-refractivity contribution is -0.211. The highest BCUT2D eigenvalue weighted by Crippen LogP contribution is 2.50. The number of carbonyl (C=O) groups excluding carboxylic acids is 2. The van der Waals surface area contributed by atoms with Gasteiger partial charge in [-0.1, -0.05) is 24.6 Å². The molecule has 1 aromatic rings. The number of alkyl halides is 3. The second-order valence-electron chi connectivity index (χ2n) is 7.65. The summed E-state index contributed by atoms with van der Waals surface area (Å²) in [7, 11) is 0. The van der Waals surface area contributed by atoms with Gasteiger partial charge in [-0.25, -0.2) is 0 Å². The molecule has 1 saturated heterocycles. The lowest BCUT2D eigenvalue weighted by atomic mass is 9.67. The van der Waals surface area contributed by atoms with E-state index in [1.807, 2.05) is 6.07 Å². The van der Waals surface area contributed by atoms with Crippen LogP contribution in [0.3, 0.4) is 0 Å². The molecule has 5 nitrogen and oxygen atoms in total. The van der Waals surface area contributed by atoms with Crippen molar-refractivity contribution in [1.29, 1.82) is 0 Å². The molecule has 0 bridgehead atoms. The van der Waals surface area contributed by atoms with Gasteiger partial charge in [-0.15, -0.1) is 0 Å². The summed E-state index contributed by atoms with van der Waals surface area (Å²) in [5, 5.41) is 12.1. The van der Waals surface area contributed by atoms with Gasteiger partial charge in [-0.2, -0.15) is 13.2 Å². The van der Waals surface area contributed by atoms with Crippen LogP contribution in [0.1, 0.15) is 41.6 Å². The average molecular weight is 384 g/mol. The van der Waals surface area contributed by atoms with Crippen LogP contribution in [0.25, 0.3) is 0 Å². The maximum absolute atomic E-state index is 12.8.